The van der Waals surface area contributed by atoms with Crippen molar-refractivity contribution in [3.8, 4) is 5.69 Å². The van der Waals surface area contributed by atoms with Crippen LogP contribution in [0.4, 0.5) is 0 Å². The average Bonchev–Trinajstić information content (AvgIpc) is 2.70. The van der Waals surface area contributed by atoms with E-state index in [0.717, 1.165) is 0 Å². The number of nitrogens with two attached hydrogens (primary N) is 1. The Morgan fingerprint density at radius 2 is 1.86 bits per heavy atom. The summed E-state index contributed by atoms with van der Waals surface area (Å²) < 4.78 is 2.11. The molecule has 0 saturated heterocycles. The molecule has 2 nitrogen and oxygen atoms in total. The van der Waals surface area contributed by atoms with E-state index in [9.17, 15) is 0 Å². The number of rotatable bonds is 2. The van der Waals surface area contributed by atoms with Crippen LogP contribution in [-0.4, -0.2) is 4.57 Å². The minimum atomic E-state index is 0.579. The van der Waals surface area contributed by atoms with Crippen molar-refractivity contribution in [2.24, 2.45) is 5.73 Å². The van der Waals surface area contributed by atoms with Gasteiger partial charge in [0.05, 0.1) is 5.69 Å². The number of hydrogen-bond donors (Lipinski definition) is 1. The van der Waals surface area contributed by atoms with Crippen molar-refractivity contribution < 1.29 is 0 Å². The maximum absolute atomic E-state index is 5.71. The van der Waals surface area contributed by atoms with E-state index in [1.807, 2.05) is 30.6 Å². The molecule has 2 N–H and O–H groups in total. The Morgan fingerprint density at radius 3 is 2.50 bits per heavy atom. The minimum absolute atomic E-state index is 0.579. The average molecular weight is 186 g/mol. The number of aromatic nitrogens is 1. The van der Waals surface area contributed by atoms with Gasteiger partial charge in [-0.1, -0.05) is 18.2 Å². The van der Waals surface area contributed by atoms with Crippen LogP contribution >= 0.6 is 0 Å². The summed E-state index contributed by atoms with van der Waals surface area (Å²) in [7, 11) is 0. The summed E-state index contributed by atoms with van der Waals surface area (Å²) in [6, 6.07) is 10.3. The van der Waals surface area contributed by atoms with Gasteiger partial charge in [-0.3, -0.25) is 0 Å². The highest BCUT2D eigenvalue weighted by molar-refractivity contribution is 5.47. The van der Waals surface area contributed by atoms with Crippen molar-refractivity contribution in [1.29, 1.82) is 0 Å². The molecule has 1 aromatic heterocycles. The van der Waals surface area contributed by atoms with Gasteiger partial charge in [0.2, 0.25) is 0 Å². The summed E-state index contributed by atoms with van der Waals surface area (Å²) in [5.74, 6) is 0. The molecule has 0 fully saturated rings. The van der Waals surface area contributed by atoms with Gasteiger partial charge in [-0.15, -0.1) is 0 Å². The highest BCUT2D eigenvalue weighted by atomic mass is 14.9. The topological polar surface area (TPSA) is 30.9 Å². The molecule has 2 rings (SSSR count). The lowest BCUT2D eigenvalue weighted by molar-refractivity contribution is 0.979. The van der Waals surface area contributed by atoms with Gasteiger partial charge >= 0.3 is 0 Å². The lowest BCUT2D eigenvalue weighted by atomic mass is 10.1. The fourth-order valence-electron chi connectivity index (χ4n) is 1.74. The fourth-order valence-corrected chi connectivity index (χ4v) is 1.74. The minimum Gasteiger partial charge on any atom is -0.326 e. The van der Waals surface area contributed by atoms with Gasteiger partial charge in [0, 0.05) is 18.9 Å². The predicted molar refractivity (Wildman–Crippen MR) is 58.4 cm³/mol. The van der Waals surface area contributed by atoms with Gasteiger partial charge in [-0.2, -0.15) is 0 Å². The predicted octanol–water partition coefficient (Wildman–Crippen LogP) is 2.24. The Morgan fingerprint density at radius 1 is 1.14 bits per heavy atom. The molecule has 14 heavy (non-hydrogen) atoms. The zero-order valence-corrected chi connectivity index (χ0v) is 8.27. The molecule has 0 aliphatic carbocycles. The Bertz CT molecular complexity index is 416. The van der Waals surface area contributed by atoms with Crippen LogP contribution in [0.15, 0.2) is 42.7 Å². The van der Waals surface area contributed by atoms with Gasteiger partial charge in [0.25, 0.3) is 0 Å². The summed E-state index contributed by atoms with van der Waals surface area (Å²) in [5.41, 5.74) is 9.36. The Kier molecular flexibility index (Phi) is 2.37. The molecule has 0 aliphatic rings. The van der Waals surface area contributed by atoms with Crippen LogP contribution in [0, 0.1) is 6.92 Å². The molecule has 1 heterocycles. The summed E-state index contributed by atoms with van der Waals surface area (Å²) in [6.45, 7) is 2.68. The zero-order chi connectivity index (χ0) is 9.97. The van der Waals surface area contributed by atoms with Crippen molar-refractivity contribution >= 4 is 0 Å². The molecule has 0 aliphatic heterocycles. The maximum atomic E-state index is 5.71. The Balaban J connectivity index is 2.61. The Hall–Kier alpha value is -1.54. The van der Waals surface area contributed by atoms with Crippen LogP contribution in [0.1, 0.15) is 11.1 Å². The van der Waals surface area contributed by atoms with E-state index in [4.69, 9.17) is 5.73 Å². The maximum Gasteiger partial charge on any atom is 0.0523 e. The third-order valence-electron chi connectivity index (χ3n) is 2.40. The molecular weight excluding hydrogens is 172 g/mol. The van der Waals surface area contributed by atoms with Crippen LogP contribution in [0.2, 0.25) is 0 Å². The lowest BCUT2D eigenvalue weighted by Crippen LogP contribution is -2.04. The first-order valence-electron chi connectivity index (χ1n) is 4.75. The zero-order valence-electron chi connectivity index (χ0n) is 8.27. The monoisotopic (exact) mass is 186 g/mol. The van der Waals surface area contributed by atoms with Crippen molar-refractivity contribution in [2.75, 3.05) is 0 Å². The quantitative estimate of drug-likeness (QED) is 0.766. The Labute approximate surface area is 84.0 Å². The van der Waals surface area contributed by atoms with E-state index in [0.29, 0.717) is 6.54 Å². The van der Waals surface area contributed by atoms with E-state index >= 15 is 0 Å². The first-order valence-corrected chi connectivity index (χ1v) is 4.75. The van der Waals surface area contributed by atoms with Crippen LogP contribution < -0.4 is 5.73 Å². The van der Waals surface area contributed by atoms with Gasteiger partial charge in [0.1, 0.15) is 0 Å². The van der Waals surface area contributed by atoms with E-state index in [1.165, 1.54) is 16.8 Å². The van der Waals surface area contributed by atoms with E-state index < -0.39 is 0 Å². The highest BCUT2D eigenvalue weighted by Gasteiger charge is 2.04. The summed E-state index contributed by atoms with van der Waals surface area (Å²) >= 11 is 0. The van der Waals surface area contributed by atoms with Crippen molar-refractivity contribution in [1.82, 2.24) is 4.57 Å². The summed E-state index contributed by atoms with van der Waals surface area (Å²) in [6.07, 6.45) is 4.09. The number of benzene rings is 1. The SMILES string of the molecule is Cc1cccc(CN)c1-n1cccc1. The van der Waals surface area contributed by atoms with Crippen molar-refractivity contribution in [3.63, 3.8) is 0 Å². The summed E-state index contributed by atoms with van der Waals surface area (Å²) in [4.78, 5) is 0. The molecule has 72 valence electrons. The normalized spacial score (nSPS) is 10.4. The molecule has 0 atom stereocenters. The van der Waals surface area contributed by atoms with E-state index in [1.54, 1.807) is 0 Å². The molecule has 0 spiro atoms. The van der Waals surface area contributed by atoms with Gasteiger partial charge in [-0.25, -0.2) is 0 Å². The third-order valence-corrected chi connectivity index (χ3v) is 2.40. The number of para-hydroxylation sites is 1. The molecule has 2 heteroatoms. The number of nitrogens with zero attached hydrogens (tertiary/aromatic N) is 1. The molecule has 2 aromatic rings. The van der Waals surface area contributed by atoms with Gasteiger partial charge in [0.15, 0.2) is 0 Å². The highest BCUT2D eigenvalue weighted by Crippen LogP contribution is 2.18. The van der Waals surface area contributed by atoms with Crippen LogP contribution in [0.25, 0.3) is 5.69 Å². The lowest BCUT2D eigenvalue weighted by Gasteiger charge is -2.12. The van der Waals surface area contributed by atoms with Gasteiger partial charge in [-0.05, 0) is 30.2 Å². The molecule has 0 bridgehead atoms. The second-order valence-corrected chi connectivity index (χ2v) is 3.38. The van der Waals surface area contributed by atoms with Crippen LogP contribution in [0.3, 0.4) is 0 Å². The second-order valence-electron chi connectivity index (χ2n) is 3.38. The van der Waals surface area contributed by atoms with E-state index in [2.05, 4.69) is 23.6 Å². The largest absolute Gasteiger partial charge is 0.326 e. The third kappa shape index (κ3) is 1.44. The number of aryl methyl sites for hydroxylation is 1. The molecule has 0 amide bonds. The number of hydrogen-bond acceptors (Lipinski definition) is 1. The smallest absolute Gasteiger partial charge is 0.0523 e. The van der Waals surface area contributed by atoms with Crippen LogP contribution in [-0.2, 0) is 6.54 Å². The molecule has 0 radical (unpaired) electrons. The van der Waals surface area contributed by atoms with E-state index in [-0.39, 0.29) is 0 Å². The first-order chi connectivity index (χ1) is 6.83. The second kappa shape index (κ2) is 3.68. The molecular formula is C12H14N2. The van der Waals surface area contributed by atoms with Crippen LogP contribution in [0.5, 0.6) is 0 Å². The van der Waals surface area contributed by atoms with Crippen molar-refractivity contribution in [2.45, 2.75) is 13.5 Å². The fraction of sp³-hybridized carbons (Fsp3) is 0.167. The standard InChI is InChI=1S/C12H14N2/c1-10-5-4-6-11(9-13)12(10)14-7-2-3-8-14/h2-8H,9,13H2,1H3. The van der Waals surface area contributed by atoms with Crippen molar-refractivity contribution in [3.05, 3.63) is 53.9 Å². The molecule has 0 unspecified atom stereocenters. The molecule has 0 saturated carbocycles. The van der Waals surface area contributed by atoms with Gasteiger partial charge < -0.3 is 10.3 Å². The summed E-state index contributed by atoms with van der Waals surface area (Å²) in [5, 5.41) is 0. The molecule has 1 aromatic carbocycles. The first kappa shape index (κ1) is 9.03.